The molecule has 8 atom stereocenters. The van der Waals surface area contributed by atoms with Gasteiger partial charge in [-0.25, -0.2) is 4.79 Å². The Bertz CT molecular complexity index is 1160. The SMILES string of the molecule is C=CCNC1=C2C[C@@H](C)C[C@H](OC)[C@H](O)[C@@H](C)/C=C(\C)[C@H](OC(N)=O)[C@@H](OC)/C=C\C=C(/C)CNC(=CC1OC(C)=O)C2O. The van der Waals surface area contributed by atoms with E-state index in [9.17, 15) is 19.8 Å². The monoisotopic (exact) mass is 617 g/mol. The van der Waals surface area contributed by atoms with Crippen molar-refractivity contribution in [3.8, 4) is 0 Å². The van der Waals surface area contributed by atoms with Crippen LogP contribution >= 0.6 is 0 Å². The van der Waals surface area contributed by atoms with E-state index in [0.29, 0.717) is 48.5 Å². The minimum absolute atomic E-state index is 0.0499. The van der Waals surface area contributed by atoms with E-state index in [1.165, 1.54) is 14.0 Å². The summed E-state index contributed by atoms with van der Waals surface area (Å²) >= 11 is 0. The maximum Gasteiger partial charge on any atom is 0.405 e. The molecule has 6 N–H and O–H groups in total. The van der Waals surface area contributed by atoms with Gasteiger partial charge in [-0.2, -0.15) is 0 Å². The lowest BCUT2D eigenvalue weighted by atomic mass is 9.84. The Morgan fingerprint density at radius 2 is 1.86 bits per heavy atom. The number of nitrogens with one attached hydrogen (secondary N) is 2. The van der Waals surface area contributed by atoms with Gasteiger partial charge in [-0.1, -0.05) is 49.8 Å². The van der Waals surface area contributed by atoms with Gasteiger partial charge in [0.1, 0.15) is 12.2 Å². The van der Waals surface area contributed by atoms with Crippen LogP contribution in [0.5, 0.6) is 0 Å². The molecule has 2 aliphatic rings. The number of esters is 1. The molecule has 2 unspecified atom stereocenters. The van der Waals surface area contributed by atoms with Crippen molar-refractivity contribution >= 4 is 12.1 Å². The number of amides is 1. The first-order chi connectivity index (χ1) is 20.8. The molecule has 0 aromatic heterocycles. The molecule has 1 heterocycles. The van der Waals surface area contributed by atoms with Crippen molar-refractivity contribution in [1.82, 2.24) is 10.6 Å². The van der Waals surface area contributed by atoms with E-state index >= 15 is 0 Å². The molecule has 0 spiro atoms. The van der Waals surface area contributed by atoms with E-state index in [1.807, 2.05) is 32.9 Å². The van der Waals surface area contributed by atoms with Crippen molar-refractivity contribution < 1.29 is 38.7 Å². The zero-order chi connectivity index (χ0) is 33.0. The van der Waals surface area contributed by atoms with Crippen LogP contribution in [0.3, 0.4) is 0 Å². The molecule has 11 nitrogen and oxygen atoms in total. The summed E-state index contributed by atoms with van der Waals surface area (Å²) in [6, 6.07) is 0. The Hall–Kier alpha value is -3.38. The number of ether oxygens (including phenoxy) is 4. The van der Waals surface area contributed by atoms with Crippen molar-refractivity contribution in [3.63, 3.8) is 0 Å². The summed E-state index contributed by atoms with van der Waals surface area (Å²) in [5.74, 6) is -0.885. The maximum atomic E-state index is 12.1. The number of aliphatic hydroxyl groups excluding tert-OH is 2. The molecule has 1 aliphatic carbocycles. The number of hydrogen-bond donors (Lipinski definition) is 5. The van der Waals surface area contributed by atoms with Crippen LogP contribution in [0.25, 0.3) is 0 Å². The third-order valence-electron chi connectivity index (χ3n) is 7.78. The molecule has 0 aromatic carbocycles. The summed E-state index contributed by atoms with van der Waals surface area (Å²) in [7, 11) is 3.06. The highest BCUT2D eigenvalue weighted by atomic mass is 16.6. The van der Waals surface area contributed by atoms with Crippen molar-refractivity contribution in [3.05, 3.63) is 71.1 Å². The fraction of sp³-hybridized carbons (Fsp3) is 0.576. The van der Waals surface area contributed by atoms with Gasteiger partial charge < -0.3 is 45.5 Å². The molecule has 2 bridgehead atoms. The first-order valence-electron chi connectivity index (χ1n) is 14.9. The molecule has 0 saturated heterocycles. The summed E-state index contributed by atoms with van der Waals surface area (Å²) in [5, 5.41) is 29.5. The first kappa shape index (κ1) is 36.8. The van der Waals surface area contributed by atoms with Crippen LogP contribution in [0.1, 0.15) is 47.5 Å². The van der Waals surface area contributed by atoms with Gasteiger partial charge in [0, 0.05) is 45.8 Å². The smallest absolute Gasteiger partial charge is 0.405 e. The Balaban J connectivity index is 2.63. The second-order valence-corrected chi connectivity index (χ2v) is 11.6. The maximum absolute atomic E-state index is 12.1. The summed E-state index contributed by atoms with van der Waals surface area (Å²) in [6.07, 6.45) is 6.00. The van der Waals surface area contributed by atoms with Gasteiger partial charge in [-0.05, 0) is 49.8 Å². The van der Waals surface area contributed by atoms with Gasteiger partial charge in [0.15, 0.2) is 12.2 Å². The van der Waals surface area contributed by atoms with Crippen LogP contribution in [-0.4, -0.2) is 86.2 Å². The summed E-state index contributed by atoms with van der Waals surface area (Å²) in [6.45, 7) is 13.5. The minimum atomic E-state index is -0.984. The lowest BCUT2D eigenvalue weighted by molar-refractivity contribution is -0.143. The van der Waals surface area contributed by atoms with Crippen LogP contribution < -0.4 is 16.4 Å². The van der Waals surface area contributed by atoms with E-state index in [1.54, 1.807) is 38.3 Å². The Morgan fingerprint density at radius 3 is 2.45 bits per heavy atom. The molecule has 44 heavy (non-hydrogen) atoms. The van der Waals surface area contributed by atoms with Crippen LogP contribution in [0.15, 0.2) is 71.1 Å². The van der Waals surface area contributed by atoms with Gasteiger partial charge in [0.2, 0.25) is 0 Å². The molecule has 246 valence electrons. The lowest BCUT2D eigenvalue weighted by Crippen LogP contribution is -2.40. The van der Waals surface area contributed by atoms with E-state index in [0.717, 1.165) is 5.57 Å². The van der Waals surface area contributed by atoms with Crippen molar-refractivity contribution in [2.24, 2.45) is 17.6 Å². The summed E-state index contributed by atoms with van der Waals surface area (Å²) in [4.78, 5) is 23.8. The van der Waals surface area contributed by atoms with Crippen molar-refractivity contribution in [2.45, 2.75) is 84.1 Å². The quantitative estimate of drug-likeness (QED) is 0.212. The highest BCUT2D eigenvalue weighted by molar-refractivity contribution is 5.67. The largest absolute Gasteiger partial charge is 0.452 e. The molecule has 0 aromatic rings. The summed E-state index contributed by atoms with van der Waals surface area (Å²) in [5.41, 5.74) is 8.79. The van der Waals surface area contributed by atoms with E-state index in [-0.39, 0.29) is 11.8 Å². The average Bonchev–Trinajstić information content (AvgIpc) is 2.96. The third kappa shape index (κ3) is 10.7. The average molecular weight is 618 g/mol. The summed E-state index contributed by atoms with van der Waals surface area (Å²) < 4.78 is 22.5. The van der Waals surface area contributed by atoms with Crippen LogP contribution in [-0.2, 0) is 23.7 Å². The molecule has 11 heteroatoms. The van der Waals surface area contributed by atoms with E-state index in [4.69, 9.17) is 24.7 Å². The van der Waals surface area contributed by atoms with Gasteiger partial charge in [0.25, 0.3) is 0 Å². The normalized spacial score (nSPS) is 33.8. The Kier molecular flexibility index (Phi) is 14.9. The Morgan fingerprint density at radius 1 is 1.16 bits per heavy atom. The first-order valence-corrected chi connectivity index (χ1v) is 14.9. The zero-order valence-corrected chi connectivity index (χ0v) is 27.0. The van der Waals surface area contributed by atoms with Gasteiger partial charge in [-0.3, -0.25) is 4.79 Å². The fourth-order valence-corrected chi connectivity index (χ4v) is 5.55. The van der Waals surface area contributed by atoms with Gasteiger partial charge in [-0.15, -0.1) is 6.58 Å². The number of primary amides is 1. The number of fused-ring (bicyclic) bond motifs is 2. The second kappa shape index (κ2) is 17.8. The second-order valence-electron chi connectivity index (χ2n) is 11.6. The molecule has 0 radical (unpaired) electrons. The lowest BCUT2D eigenvalue weighted by Gasteiger charge is -2.34. The molecule has 0 fully saturated rings. The molecule has 1 aliphatic heterocycles. The highest BCUT2D eigenvalue weighted by Gasteiger charge is 2.34. The highest BCUT2D eigenvalue weighted by Crippen LogP contribution is 2.32. The number of carbonyl (C=O) groups excluding carboxylic acids is 2. The zero-order valence-electron chi connectivity index (χ0n) is 27.0. The number of aliphatic hydroxyl groups is 2. The number of carbonyl (C=O) groups is 2. The van der Waals surface area contributed by atoms with Crippen LogP contribution in [0.2, 0.25) is 0 Å². The van der Waals surface area contributed by atoms with Gasteiger partial charge >= 0.3 is 12.1 Å². The van der Waals surface area contributed by atoms with Gasteiger partial charge in [0.05, 0.1) is 17.9 Å². The van der Waals surface area contributed by atoms with Crippen LogP contribution in [0, 0.1) is 11.8 Å². The predicted molar refractivity (Wildman–Crippen MR) is 169 cm³/mol. The van der Waals surface area contributed by atoms with E-state index in [2.05, 4.69) is 17.2 Å². The number of hydrogen-bond acceptors (Lipinski definition) is 10. The van der Waals surface area contributed by atoms with Crippen molar-refractivity contribution in [2.75, 3.05) is 27.3 Å². The topological polar surface area (TPSA) is 162 Å². The minimum Gasteiger partial charge on any atom is -0.452 e. The number of methoxy groups -OCH3 is 2. The molecule has 0 saturated carbocycles. The number of allylic oxidation sites excluding steroid dienone is 2. The van der Waals surface area contributed by atoms with Crippen LogP contribution in [0.4, 0.5) is 4.79 Å². The predicted octanol–water partition coefficient (Wildman–Crippen LogP) is 3.17. The molecule has 2 rings (SSSR count). The molecular formula is C33H51N3O8. The third-order valence-corrected chi connectivity index (χ3v) is 7.78. The number of nitrogens with two attached hydrogens (primary N) is 1. The van der Waals surface area contributed by atoms with Crippen molar-refractivity contribution in [1.29, 1.82) is 0 Å². The Labute approximate surface area is 261 Å². The number of rotatable bonds is 7. The molecular weight excluding hydrogens is 566 g/mol. The van der Waals surface area contributed by atoms with E-state index < -0.39 is 48.7 Å². The fourth-order valence-electron chi connectivity index (χ4n) is 5.55. The standard InChI is InChI=1S/C33H51N3O8/c1-9-13-35-29-24-14-20(3)15-28(42-8)30(38)21(4)16-22(5)32(44-33(34)40)26(41-7)12-10-11-19(2)18-36-25(31(24)39)17-27(29)43-23(6)37/h9-12,16-17,20-21,26-28,30-32,35-36,38-39H,1,13-15,18H2,2-8H3,(H2,34,40)/b12-10-,19-11+,22-16+/t20-,21+,26+,27?,28+,30-,31?,32+/m1/s1. The molecule has 1 amide bonds.